The van der Waals surface area contributed by atoms with Gasteiger partial charge in [-0.15, -0.1) is 0 Å². The number of benzene rings is 1. The topological polar surface area (TPSA) is 93.2 Å². The molecule has 2 aliphatic rings. The van der Waals surface area contributed by atoms with Crippen LogP contribution in [0.3, 0.4) is 0 Å². The number of rotatable bonds is 6. The van der Waals surface area contributed by atoms with Crippen molar-refractivity contribution in [1.82, 2.24) is 9.80 Å². The summed E-state index contributed by atoms with van der Waals surface area (Å²) in [4.78, 5) is 52.7. The monoisotopic (exact) mass is 440 g/mol. The number of nitrogens with zero attached hydrogens (tertiary/aromatic N) is 2. The zero-order chi connectivity index (χ0) is 23.4. The van der Waals surface area contributed by atoms with Crippen LogP contribution in [0, 0.1) is 0 Å². The Bertz CT molecular complexity index is 875. The van der Waals surface area contributed by atoms with E-state index in [1.807, 2.05) is 0 Å². The first-order valence-electron chi connectivity index (χ1n) is 10.6. The number of carbonyl (C=O) groups excluding carboxylic acids is 4. The Morgan fingerprint density at radius 2 is 1.09 bits per heavy atom. The molecular formula is C24H28N2O6. The lowest BCUT2D eigenvalue weighted by atomic mass is 10.00. The normalized spacial score (nSPS) is 20.1. The third-order valence-corrected chi connectivity index (χ3v) is 6.07. The zero-order valence-electron chi connectivity index (χ0n) is 18.5. The predicted molar refractivity (Wildman–Crippen MR) is 118 cm³/mol. The van der Waals surface area contributed by atoms with Crippen molar-refractivity contribution in [3.63, 3.8) is 0 Å². The van der Waals surface area contributed by atoms with Gasteiger partial charge >= 0.3 is 11.9 Å². The van der Waals surface area contributed by atoms with E-state index in [4.69, 9.17) is 9.47 Å². The highest BCUT2D eigenvalue weighted by Gasteiger charge is 2.37. The van der Waals surface area contributed by atoms with Gasteiger partial charge in [-0.2, -0.15) is 0 Å². The molecule has 0 spiro atoms. The van der Waals surface area contributed by atoms with E-state index in [1.54, 1.807) is 24.3 Å². The second kappa shape index (κ2) is 9.80. The summed E-state index contributed by atoms with van der Waals surface area (Å²) in [5, 5.41) is 0. The fraction of sp³-hybridized carbons (Fsp3) is 0.417. The van der Waals surface area contributed by atoms with Crippen LogP contribution >= 0.6 is 0 Å². The molecule has 0 aromatic heterocycles. The minimum atomic E-state index is -0.593. The van der Waals surface area contributed by atoms with Gasteiger partial charge in [0.05, 0.1) is 14.2 Å². The van der Waals surface area contributed by atoms with Gasteiger partial charge in [0.2, 0.25) is 0 Å². The van der Waals surface area contributed by atoms with Crippen LogP contribution in [0.5, 0.6) is 0 Å². The van der Waals surface area contributed by atoms with E-state index < -0.39 is 24.0 Å². The highest BCUT2D eigenvalue weighted by molar-refractivity contribution is 6.21. The Balaban J connectivity index is 1.70. The number of likely N-dealkylation sites (tertiary alicyclic amines) is 2. The maximum atomic E-state index is 12.9. The molecule has 170 valence electrons. The molecule has 0 unspecified atom stereocenters. The van der Waals surface area contributed by atoms with Crippen LogP contribution < -0.4 is 0 Å². The summed E-state index contributed by atoms with van der Waals surface area (Å²) in [6.45, 7) is 8.76. The van der Waals surface area contributed by atoms with Gasteiger partial charge in [0, 0.05) is 24.2 Å². The minimum Gasteiger partial charge on any atom is -0.467 e. The van der Waals surface area contributed by atoms with Crippen molar-refractivity contribution >= 4 is 34.9 Å². The third kappa shape index (κ3) is 4.44. The Hall–Kier alpha value is -3.42. The summed E-state index contributed by atoms with van der Waals surface area (Å²) in [5.41, 5.74) is 1.69. The summed E-state index contributed by atoms with van der Waals surface area (Å²) in [7, 11) is 2.61. The lowest BCUT2D eigenvalue weighted by Gasteiger charge is -2.24. The van der Waals surface area contributed by atoms with Crippen molar-refractivity contribution in [2.24, 2.45) is 0 Å². The Morgan fingerprint density at radius 3 is 1.41 bits per heavy atom. The van der Waals surface area contributed by atoms with E-state index in [2.05, 4.69) is 13.2 Å². The largest absolute Gasteiger partial charge is 0.467 e. The van der Waals surface area contributed by atoms with Gasteiger partial charge in [-0.25, -0.2) is 9.59 Å². The molecule has 2 amide bonds. The number of carbonyl (C=O) groups is 4. The average Bonchev–Trinajstić information content (AvgIpc) is 3.51. The number of hydrogen-bond donors (Lipinski definition) is 0. The number of amides is 2. The van der Waals surface area contributed by atoms with Crippen molar-refractivity contribution in [3.8, 4) is 0 Å². The van der Waals surface area contributed by atoms with Gasteiger partial charge in [0.15, 0.2) is 0 Å². The van der Waals surface area contributed by atoms with Crippen LogP contribution in [0.1, 0.15) is 36.8 Å². The van der Waals surface area contributed by atoms with E-state index in [0.717, 1.165) is 12.8 Å². The zero-order valence-corrected chi connectivity index (χ0v) is 18.5. The van der Waals surface area contributed by atoms with Crippen molar-refractivity contribution < 1.29 is 28.7 Å². The fourth-order valence-electron chi connectivity index (χ4n) is 4.25. The van der Waals surface area contributed by atoms with Crippen LogP contribution in [0.15, 0.2) is 37.4 Å². The van der Waals surface area contributed by atoms with Crippen molar-refractivity contribution in [2.75, 3.05) is 27.3 Å². The molecule has 0 radical (unpaired) electrons. The molecule has 32 heavy (non-hydrogen) atoms. The van der Waals surface area contributed by atoms with Crippen LogP contribution in [0.4, 0.5) is 0 Å². The Morgan fingerprint density at radius 1 is 0.750 bits per heavy atom. The molecule has 2 atom stereocenters. The molecule has 0 N–H and O–H groups in total. The first-order chi connectivity index (χ1) is 15.3. The van der Waals surface area contributed by atoms with Crippen LogP contribution in [0.2, 0.25) is 0 Å². The molecule has 8 heteroatoms. The number of hydrogen-bond acceptors (Lipinski definition) is 6. The number of ether oxygens (including phenoxy) is 2. The van der Waals surface area contributed by atoms with Gasteiger partial charge in [-0.3, -0.25) is 9.59 Å². The van der Waals surface area contributed by atoms with Crippen LogP contribution in [-0.4, -0.2) is 72.9 Å². The van der Waals surface area contributed by atoms with Crippen molar-refractivity contribution in [1.29, 1.82) is 0 Å². The third-order valence-electron chi connectivity index (χ3n) is 6.07. The predicted octanol–water partition coefficient (Wildman–Crippen LogP) is 2.04. The van der Waals surface area contributed by atoms with Gasteiger partial charge in [-0.05, 0) is 36.8 Å². The number of methoxy groups -OCH3 is 2. The lowest BCUT2D eigenvalue weighted by molar-refractivity contribution is -0.149. The smallest absolute Gasteiger partial charge is 0.328 e. The van der Waals surface area contributed by atoms with E-state index in [1.165, 1.54) is 24.0 Å². The molecule has 2 saturated heterocycles. The van der Waals surface area contributed by atoms with Crippen LogP contribution in [0.25, 0.3) is 11.1 Å². The van der Waals surface area contributed by atoms with Crippen molar-refractivity contribution in [3.05, 3.63) is 48.6 Å². The van der Waals surface area contributed by atoms with E-state index in [-0.39, 0.29) is 23.0 Å². The second-order valence-electron chi connectivity index (χ2n) is 7.89. The Labute approximate surface area is 187 Å². The molecule has 8 nitrogen and oxygen atoms in total. The van der Waals surface area contributed by atoms with Crippen LogP contribution in [-0.2, 0) is 28.7 Å². The second-order valence-corrected chi connectivity index (χ2v) is 7.89. The molecule has 2 fully saturated rings. The first kappa shape index (κ1) is 23.2. The lowest BCUT2D eigenvalue weighted by Crippen LogP contribution is -2.41. The van der Waals surface area contributed by atoms with Crippen molar-refractivity contribution in [2.45, 2.75) is 37.8 Å². The maximum Gasteiger partial charge on any atom is 0.328 e. The molecule has 3 rings (SSSR count). The molecule has 2 heterocycles. The van der Waals surface area contributed by atoms with Gasteiger partial charge in [0.1, 0.15) is 12.1 Å². The average molecular weight is 440 g/mol. The van der Waals surface area contributed by atoms with Gasteiger partial charge < -0.3 is 19.3 Å². The minimum absolute atomic E-state index is 0.259. The summed E-state index contributed by atoms with van der Waals surface area (Å²) < 4.78 is 9.60. The van der Waals surface area contributed by atoms with E-state index in [0.29, 0.717) is 37.1 Å². The van der Waals surface area contributed by atoms with Gasteiger partial charge in [0.25, 0.3) is 11.8 Å². The fourth-order valence-corrected chi connectivity index (χ4v) is 4.25. The summed E-state index contributed by atoms with van der Waals surface area (Å²) in [6.07, 6.45) is 2.58. The van der Waals surface area contributed by atoms with Gasteiger partial charge in [-0.1, -0.05) is 37.4 Å². The number of esters is 2. The molecule has 2 aliphatic heterocycles. The molecule has 1 aromatic carbocycles. The standard InChI is InChI=1S/C24H28N2O6/c1-15(21(27)25-13-5-7-19(25)23(29)31-3)17-9-11-18(12-10-17)16(2)22(28)26-14-6-8-20(26)24(30)32-4/h9-12,19-20H,1-2,5-8,13-14H2,3-4H3/t19-,20-/m0/s1. The molecule has 0 bridgehead atoms. The highest BCUT2D eigenvalue weighted by atomic mass is 16.5. The molecular weight excluding hydrogens is 412 g/mol. The molecule has 0 saturated carbocycles. The van der Waals surface area contributed by atoms with E-state index in [9.17, 15) is 19.2 Å². The molecule has 1 aromatic rings. The Kier molecular flexibility index (Phi) is 7.12. The molecule has 0 aliphatic carbocycles. The maximum absolute atomic E-state index is 12.9. The summed E-state index contributed by atoms with van der Waals surface area (Å²) in [6, 6.07) is 5.59. The van der Waals surface area contributed by atoms with E-state index >= 15 is 0 Å². The highest BCUT2D eigenvalue weighted by Crippen LogP contribution is 2.27. The first-order valence-corrected chi connectivity index (χ1v) is 10.6. The summed E-state index contributed by atoms with van der Waals surface area (Å²) in [5.74, 6) is -1.50. The summed E-state index contributed by atoms with van der Waals surface area (Å²) >= 11 is 0. The SMILES string of the molecule is C=C(C(=O)N1CCC[C@H]1C(=O)OC)c1ccc(C(=C)C(=O)N2CCC[C@H]2C(=O)OC)cc1. The quantitative estimate of drug-likeness (QED) is 0.497.